The van der Waals surface area contributed by atoms with E-state index in [9.17, 15) is 9.59 Å². The minimum atomic E-state index is -0.718. The van der Waals surface area contributed by atoms with Gasteiger partial charge in [-0.3, -0.25) is 9.59 Å². The van der Waals surface area contributed by atoms with Gasteiger partial charge in [0.05, 0.1) is 6.04 Å². The third-order valence-electron chi connectivity index (χ3n) is 8.34. The molecular formula is C33H39ClN4O2. The minimum Gasteiger partial charge on any atom is -0.343 e. The molecule has 40 heavy (non-hydrogen) atoms. The molecule has 0 radical (unpaired) electrons. The van der Waals surface area contributed by atoms with Gasteiger partial charge in [-0.1, -0.05) is 84.4 Å². The van der Waals surface area contributed by atoms with E-state index < -0.39 is 12.1 Å². The van der Waals surface area contributed by atoms with E-state index >= 15 is 0 Å². The van der Waals surface area contributed by atoms with Crippen LogP contribution in [0.5, 0.6) is 0 Å². The lowest BCUT2D eigenvalue weighted by atomic mass is 9.96. The van der Waals surface area contributed by atoms with Crippen LogP contribution in [0.1, 0.15) is 48.3 Å². The Balaban J connectivity index is 1.37. The zero-order chi connectivity index (χ0) is 28.1. The fourth-order valence-electron chi connectivity index (χ4n) is 6.22. The van der Waals surface area contributed by atoms with Crippen molar-refractivity contribution in [3.63, 3.8) is 0 Å². The molecule has 2 aliphatic rings. The van der Waals surface area contributed by atoms with Gasteiger partial charge in [-0.2, -0.15) is 0 Å². The van der Waals surface area contributed by atoms with Crippen LogP contribution in [0.15, 0.2) is 84.9 Å². The van der Waals surface area contributed by atoms with Gasteiger partial charge in [-0.05, 0) is 61.1 Å². The number of nitrogens with zero attached hydrogens (tertiary/aromatic N) is 2. The number of nitrogens with two attached hydrogens (primary N) is 1. The van der Waals surface area contributed by atoms with Gasteiger partial charge in [0.1, 0.15) is 6.04 Å². The van der Waals surface area contributed by atoms with Crippen LogP contribution in [0, 0.1) is 0 Å². The molecule has 3 aromatic carbocycles. The number of rotatable bonds is 9. The lowest BCUT2D eigenvalue weighted by molar-refractivity contribution is -0.137. The topological polar surface area (TPSA) is 78.7 Å². The van der Waals surface area contributed by atoms with Gasteiger partial charge in [0.2, 0.25) is 11.8 Å². The van der Waals surface area contributed by atoms with Crippen LogP contribution < -0.4 is 11.1 Å². The van der Waals surface area contributed by atoms with E-state index in [2.05, 4.69) is 64.8 Å². The second-order valence-electron chi connectivity index (χ2n) is 11.3. The number of hydrogen-bond acceptors (Lipinski definition) is 4. The molecule has 0 bridgehead atoms. The van der Waals surface area contributed by atoms with Gasteiger partial charge in [-0.25, -0.2) is 0 Å². The maximum atomic E-state index is 14.3. The molecular weight excluding hydrogens is 520 g/mol. The first-order valence-electron chi connectivity index (χ1n) is 14.3. The van der Waals surface area contributed by atoms with Crippen molar-refractivity contribution in [2.45, 2.75) is 56.1 Å². The van der Waals surface area contributed by atoms with E-state index in [1.54, 1.807) is 6.92 Å². The summed E-state index contributed by atoms with van der Waals surface area (Å²) in [6, 6.07) is 27.2. The molecule has 2 saturated heterocycles. The summed E-state index contributed by atoms with van der Waals surface area (Å²) in [6.07, 6.45) is 2.37. The van der Waals surface area contributed by atoms with E-state index in [0.29, 0.717) is 23.9 Å². The van der Waals surface area contributed by atoms with Crippen LogP contribution in [0.4, 0.5) is 0 Å². The Bertz CT molecular complexity index is 1290. The highest BCUT2D eigenvalue weighted by molar-refractivity contribution is 6.30. The van der Waals surface area contributed by atoms with Gasteiger partial charge in [0, 0.05) is 43.0 Å². The molecule has 6 nitrogen and oxygen atoms in total. The van der Waals surface area contributed by atoms with E-state index in [1.807, 2.05) is 35.2 Å². The van der Waals surface area contributed by atoms with E-state index in [0.717, 1.165) is 38.0 Å². The molecule has 0 saturated carbocycles. The maximum Gasteiger partial charge on any atom is 0.245 e. The third-order valence-corrected chi connectivity index (χ3v) is 8.57. The molecule has 1 unspecified atom stereocenters. The van der Waals surface area contributed by atoms with Crippen LogP contribution in [0.3, 0.4) is 0 Å². The largest absolute Gasteiger partial charge is 0.343 e. The van der Waals surface area contributed by atoms with Crippen molar-refractivity contribution in [2.75, 3.05) is 26.2 Å². The average Bonchev–Trinajstić information content (AvgIpc) is 3.61. The Hall–Kier alpha value is -3.19. The van der Waals surface area contributed by atoms with Crippen LogP contribution in [-0.2, 0) is 16.0 Å². The number of nitrogens with one attached hydrogen (secondary N) is 1. The van der Waals surface area contributed by atoms with Crippen molar-refractivity contribution < 1.29 is 9.59 Å². The van der Waals surface area contributed by atoms with Crippen LogP contribution in [0.2, 0.25) is 5.02 Å². The first kappa shape index (κ1) is 28.3. The zero-order valence-electron chi connectivity index (χ0n) is 23.1. The predicted octanol–water partition coefficient (Wildman–Crippen LogP) is 4.59. The Morgan fingerprint density at radius 2 is 1.62 bits per heavy atom. The van der Waals surface area contributed by atoms with Gasteiger partial charge in [-0.15, -0.1) is 0 Å². The molecule has 2 amide bonds. The minimum absolute atomic E-state index is 0.0568. The number of likely N-dealkylation sites (tertiary alicyclic amines) is 2. The number of amides is 2. The zero-order valence-corrected chi connectivity index (χ0v) is 23.8. The van der Waals surface area contributed by atoms with Crippen LogP contribution >= 0.6 is 11.6 Å². The quantitative estimate of drug-likeness (QED) is 0.403. The Morgan fingerprint density at radius 1 is 0.950 bits per heavy atom. The van der Waals surface area contributed by atoms with Crippen molar-refractivity contribution in [3.8, 4) is 0 Å². The van der Waals surface area contributed by atoms with Gasteiger partial charge < -0.3 is 20.9 Å². The highest BCUT2D eigenvalue weighted by atomic mass is 35.5. The standard InChI is InChI=1S/C33H39ClN4O2/c1-23(35)32(39)36-31(18-24-9-8-14-29(34)17-24)33(40)38-21-28(26-12-6-3-7-13-26)19-30(38)22-37-16-15-27(20-37)25-10-4-2-5-11-25/h2-14,17,23,27-28,30-31H,15-16,18-22,35H2,1H3,(H,36,39)/t23-,27?,28-,30-,31-/m0/s1. The summed E-state index contributed by atoms with van der Waals surface area (Å²) >= 11 is 6.24. The molecule has 210 valence electrons. The number of carbonyl (C=O) groups is 2. The third kappa shape index (κ3) is 6.92. The number of hydrogen-bond donors (Lipinski definition) is 2. The Kier molecular flexibility index (Phi) is 9.20. The lowest BCUT2D eigenvalue weighted by Gasteiger charge is -2.32. The first-order chi connectivity index (χ1) is 19.4. The molecule has 2 heterocycles. The molecule has 0 spiro atoms. The highest BCUT2D eigenvalue weighted by Gasteiger charge is 2.40. The van der Waals surface area contributed by atoms with E-state index in [1.165, 1.54) is 11.1 Å². The summed E-state index contributed by atoms with van der Waals surface area (Å²) in [5.41, 5.74) is 9.41. The molecule has 0 aliphatic carbocycles. The first-order valence-corrected chi connectivity index (χ1v) is 14.7. The van der Waals surface area contributed by atoms with Gasteiger partial charge >= 0.3 is 0 Å². The molecule has 2 aliphatic heterocycles. The lowest BCUT2D eigenvalue weighted by Crippen LogP contribution is -2.55. The molecule has 7 heteroatoms. The number of carbonyl (C=O) groups excluding carboxylic acids is 2. The second-order valence-corrected chi connectivity index (χ2v) is 11.8. The summed E-state index contributed by atoms with van der Waals surface area (Å²) in [4.78, 5) is 31.5. The molecule has 0 aromatic heterocycles. The molecule has 5 rings (SSSR count). The molecule has 2 fully saturated rings. The number of benzene rings is 3. The van der Waals surface area contributed by atoms with E-state index in [-0.39, 0.29) is 23.8 Å². The normalized spacial score (nSPS) is 22.7. The maximum absolute atomic E-state index is 14.3. The summed E-state index contributed by atoms with van der Waals surface area (Å²) in [5, 5.41) is 3.55. The fourth-order valence-corrected chi connectivity index (χ4v) is 6.44. The van der Waals surface area contributed by atoms with Crippen LogP contribution in [-0.4, -0.2) is 65.9 Å². The Morgan fingerprint density at radius 3 is 2.27 bits per heavy atom. The predicted molar refractivity (Wildman–Crippen MR) is 160 cm³/mol. The summed E-state index contributed by atoms with van der Waals surface area (Å²) in [6.45, 7) is 5.09. The fraction of sp³-hybridized carbons (Fsp3) is 0.394. The van der Waals surface area contributed by atoms with Crippen molar-refractivity contribution in [1.29, 1.82) is 0 Å². The molecule has 3 N–H and O–H groups in total. The van der Waals surface area contributed by atoms with Crippen molar-refractivity contribution in [3.05, 3.63) is 107 Å². The summed E-state index contributed by atoms with van der Waals surface area (Å²) in [7, 11) is 0. The smallest absolute Gasteiger partial charge is 0.245 e. The second kappa shape index (κ2) is 13.0. The Labute approximate surface area is 242 Å². The number of halogens is 1. The van der Waals surface area contributed by atoms with Crippen LogP contribution in [0.25, 0.3) is 0 Å². The molecule has 5 atom stereocenters. The summed E-state index contributed by atoms with van der Waals surface area (Å²) in [5.74, 6) is 0.369. The SMILES string of the molecule is C[C@H](N)C(=O)N[C@@H](Cc1cccc(Cl)c1)C(=O)N1C[C@@H](c2ccccc2)C[C@H]1CN1CCC(c2ccccc2)C1. The highest BCUT2D eigenvalue weighted by Crippen LogP contribution is 2.35. The van der Waals surface area contributed by atoms with Crippen molar-refractivity contribution in [2.24, 2.45) is 5.73 Å². The van der Waals surface area contributed by atoms with Crippen molar-refractivity contribution in [1.82, 2.24) is 15.1 Å². The summed E-state index contributed by atoms with van der Waals surface area (Å²) < 4.78 is 0. The molecule has 3 aromatic rings. The average molecular weight is 559 g/mol. The van der Waals surface area contributed by atoms with Gasteiger partial charge in [0.25, 0.3) is 0 Å². The monoisotopic (exact) mass is 558 g/mol. The van der Waals surface area contributed by atoms with E-state index in [4.69, 9.17) is 17.3 Å². The van der Waals surface area contributed by atoms with Crippen molar-refractivity contribution >= 4 is 23.4 Å². The van der Waals surface area contributed by atoms with Gasteiger partial charge in [0.15, 0.2) is 0 Å².